The number of hydrogen-bond acceptors (Lipinski definition) is 6. The lowest BCUT2D eigenvalue weighted by Crippen LogP contribution is -2.03. The van der Waals surface area contributed by atoms with Crippen LogP contribution < -0.4 is 0 Å². The van der Waals surface area contributed by atoms with Gasteiger partial charge in [0.2, 0.25) is 0 Å². The van der Waals surface area contributed by atoms with Gasteiger partial charge in [-0.3, -0.25) is 4.57 Å². The molecule has 0 amide bonds. The molecule has 0 aliphatic rings. The van der Waals surface area contributed by atoms with Gasteiger partial charge in [0.15, 0.2) is 11.3 Å². The van der Waals surface area contributed by atoms with E-state index in [2.05, 4.69) is 48.5 Å². The van der Waals surface area contributed by atoms with Gasteiger partial charge in [-0.1, -0.05) is 30.0 Å². The Balaban J connectivity index is 1.60. The summed E-state index contributed by atoms with van der Waals surface area (Å²) in [5, 5.41) is 0.855. The highest BCUT2D eigenvalue weighted by Gasteiger charge is 2.16. The second-order valence-corrected chi connectivity index (χ2v) is 7.03. The van der Waals surface area contributed by atoms with Crippen LogP contribution in [0.2, 0.25) is 0 Å². The molecule has 5 aromatic rings. The lowest BCUT2D eigenvalue weighted by Gasteiger charge is -2.11. The number of hydrogen-bond donors (Lipinski definition) is 1. The third-order valence-corrected chi connectivity index (χ3v) is 5.35. The molecule has 0 saturated heterocycles. The van der Waals surface area contributed by atoms with Gasteiger partial charge in [0.25, 0.3) is 0 Å². The number of thioether (sulfide) groups is 1. The molecular weight excluding hydrogens is 358 g/mol. The summed E-state index contributed by atoms with van der Waals surface area (Å²) in [7, 11) is 0. The van der Waals surface area contributed by atoms with E-state index in [9.17, 15) is 0 Å². The quantitative estimate of drug-likeness (QED) is 0.382. The van der Waals surface area contributed by atoms with Crippen molar-refractivity contribution in [2.75, 3.05) is 0 Å². The second kappa shape index (κ2) is 6.48. The van der Waals surface area contributed by atoms with Crippen LogP contribution in [0.3, 0.4) is 0 Å². The minimum absolute atomic E-state index is 0.649. The maximum atomic E-state index is 4.82. The van der Waals surface area contributed by atoms with Gasteiger partial charge in [-0.15, -0.1) is 0 Å². The van der Waals surface area contributed by atoms with Crippen LogP contribution in [-0.4, -0.2) is 34.5 Å². The molecule has 0 aliphatic carbocycles. The SMILES string of the molecule is Cc1ccccc1-n1c(CSc2ncnc3nc[nH]c23)nc2cccnc21. The van der Waals surface area contributed by atoms with Crippen molar-refractivity contribution in [3.05, 3.63) is 66.6 Å². The Kier molecular flexibility index (Phi) is 3.83. The molecule has 0 radical (unpaired) electrons. The summed E-state index contributed by atoms with van der Waals surface area (Å²) in [5.41, 5.74) is 5.51. The maximum absolute atomic E-state index is 4.82. The summed E-state index contributed by atoms with van der Waals surface area (Å²) in [4.78, 5) is 25.3. The molecule has 8 heteroatoms. The largest absolute Gasteiger partial charge is 0.341 e. The van der Waals surface area contributed by atoms with Crippen LogP contribution in [0.25, 0.3) is 28.0 Å². The smallest absolute Gasteiger partial charge is 0.181 e. The highest BCUT2D eigenvalue weighted by molar-refractivity contribution is 7.98. The van der Waals surface area contributed by atoms with Crippen LogP contribution in [0.15, 0.2) is 60.3 Å². The van der Waals surface area contributed by atoms with E-state index >= 15 is 0 Å². The Hall–Kier alpha value is -3.26. The molecule has 0 unspecified atom stereocenters. The summed E-state index contributed by atoms with van der Waals surface area (Å²) in [5.74, 6) is 1.57. The van der Waals surface area contributed by atoms with E-state index in [1.807, 2.05) is 24.3 Å². The average Bonchev–Trinajstić information content (AvgIpc) is 3.31. The van der Waals surface area contributed by atoms with Gasteiger partial charge in [0.05, 0.1) is 17.8 Å². The van der Waals surface area contributed by atoms with Crippen molar-refractivity contribution in [2.45, 2.75) is 17.7 Å². The third kappa shape index (κ3) is 2.74. The fourth-order valence-corrected chi connectivity index (χ4v) is 3.98. The Labute approximate surface area is 158 Å². The molecule has 0 bridgehead atoms. The van der Waals surface area contributed by atoms with E-state index in [0.717, 1.165) is 33.2 Å². The van der Waals surface area contributed by atoms with E-state index in [4.69, 9.17) is 4.98 Å². The number of pyridine rings is 1. The molecule has 1 aromatic carbocycles. The Morgan fingerprint density at radius 1 is 1.04 bits per heavy atom. The number of para-hydroxylation sites is 1. The van der Waals surface area contributed by atoms with E-state index < -0.39 is 0 Å². The average molecular weight is 373 g/mol. The van der Waals surface area contributed by atoms with Crippen LogP contribution in [0.5, 0.6) is 0 Å². The summed E-state index contributed by atoms with van der Waals surface area (Å²) in [6.45, 7) is 2.10. The fraction of sp³-hybridized carbons (Fsp3) is 0.105. The predicted octanol–water partition coefficient (Wildman–Crippen LogP) is 3.69. The van der Waals surface area contributed by atoms with Crippen molar-refractivity contribution in [3.8, 4) is 5.69 Å². The van der Waals surface area contributed by atoms with Gasteiger partial charge in [-0.2, -0.15) is 0 Å². The number of H-pyrrole nitrogens is 1. The molecule has 4 aromatic heterocycles. The van der Waals surface area contributed by atoms with Gasteiger partial charge < -0.3 is 4.98 Å². The minimum atomic E-state index is 0.649. The first kappa shape index (κ1) is 16.0. The third-order valence-electron chi connectivity index (χ3n) is 4.37. The van der Waals surface area contributed by atoms with E-state index in [-0.39, 0.29) is 0 Å². The number of aromatic amines is 1. The maximum Gasteiger partial charge on any atom is 0.181 e. The lowest BCUT2D eigenvalue weighted by molar-refractivity contribution is 0.961. The number of rotatable bonds is 4. The first-order valence-corrected chi connectivity index (χ1v) is 9.45. The molecule has 0 atom stereocenters. The standard InChI is InChI=1S/C19H15N7S/c1-12-5-2-3-7-14(12)26-15(25-13-6-4-8-20-18(13)26)9-27-19-16-17(22-10-21-16)23-11-24-19/h2-8,10-11H,9H2,1H3,(H,21,22,23,24). The lowest BCUT2D eigenvalue weighted by atomic mass is 10.2. The second-order valence-electron chi connectivity index (χ2n) is 6.06. The van der Waals surface area contributed by atoms with Crippen molar-refractivity contribution >= 4 is 34.1 Å². The number of benzene rings is 1. The number of nitrogens with zero attached hydrogens (tertiary/aromatic N) is 6. The molecule has 0 fully saturated rings. The van der Waals surface area contributed by atoms with Gasteiger partial charge in [-0.25, -0.2) is 24.9 Å². The van der Waals surface area contributed by atoms with Crippen molar-refractivity contribution in [1.29, 1.82) is 0 Å². The molecule has 0 spiro atoms. The highest BCUT2D eigenvalue weighted by Crippen LogP contribution is 2.29. The summed E-state index contributed by atoms with van der Waals surface area (Å²) >= 11 is 1.60. The van der Waals surface area contributed by atoms with Crippen LogP contribution in [-0.2, 0) is 5.75 Å². The van der Waals surface area contributed by atoms with Crippen LogP contribution in [0.4, 0.5) is 0 Å². The van der Waals surface area contributed by atoms with Gasteiger partial charge in [0.1, 0.15) is 28.2 Å². The van der Waals surface area contributed by atoms with Crippen molar-refractivity contribution in [3.63, 3.8) is 0 Å². The minimum Gasteiger partial charge on any atom is -0.341 e. The number of aryl methyl sites for hydroxylation is 1. The van der Waals surface area contributed by atoms with Gasteiger partial charge in [0, 0.05) is 6.20 Å². The van der Waals surface area contributed by atoms with Crippen LogP contribution in [0, 0.1) is 6.92 Å². The van der Waals surface area contributed by atoms with Crippen LogP contribution >= 0.6 is 11.8 Å². The molecule has 0 saturated carbocycles. The van der Waals surface area contributed by atoms with Gasteiger partial charge in [-0.05, 0) is 30.7 Å². The number of aromatic nitrogens is 7. The number of nitrogens with one attached hydrogen (secondary N) is 1. The monoisotopic (exact) mass is 373 g/mol. The van der Waals surface area contributed by atoms with Gasteiger partial charge >= 0.3 is 0 Å². The number of imidazole rings is 2. The first-order chi connectivity index (χ1) is 13.3. The normalized spacial score (nSPS) is 11.4. The Morgan fingerprint density at radius 2 is 1.96 bits per heavy atom. The highest BCUT2D eigenvalue weighted by atomic mass is 32.2. The summed E-state index contributed by atoms with van der Waals surface area (Å²) in [6.07, 6.45) is 4.97. The van der Waals surface area contributed by atoms with E-state index in [1.54, 1.807) is 24.3 Å². The zero-order valence-electron chi connectivity index (χ0n) is 14.5. The molecule has 1 N–H and O–H groups in total. The van der Waals surface area contributed by atoms with Crippen molar-refractivity contribution < 1.29 is 0 Å². The molecule has 27 heavy (non-hydrogen) atoms. The predicted molar refractivity (Wildman–Crippen MR) is 105 cm³/mol. The zero-order chi connectivity index (χ0) is 18.2. The van der Waals surface area contributed by atoms with E-state index in [0.29, 0.717) is 11.4 Å². The zero-order valence-corrected chi connectivity index (χ0v) is 15.3. The van der Waals surface area contributed by atoms with Crippen molar-refractivity contribution in [2.24, 2.45) is 0 Å². The van der Waals surface area contributed by atoms with E-state index in [1.165, 1.54) is 11.9 Å². The van der Waals surface area contributed by atoms with Crippen LogP contribution in [0.1, 0.15) is 11.4 Å². The molecule has 0 aliphatic heterocycles. The molecule has 5 rings (SSSR count). The fourth-order valence-electron chi connectivity index (χ4n) is 3.11. The molecule has 7 nitrogen and oxygen atoms in total. The molecular formula is C19H15N7S. The first-order valence-electron chi connectivity index (χ1n) is 8.46. The number of fused-ring (bicyclic) bond motifs is 2. The Morgan fingerprint density at radius 3 is 2.89 bits per heavy atom. The summed E-state index contributed by atoms with van der Waals surface area (Å²) in [6, 6.07) is 12.2. The topological polar surface area (TPSA) is 85.2 Å². The molecule has 132 valence electrons. The molecule has 4 heterocycles. The van der Waals surface area contributed by atoms with Crippen molar-refractivity contribution in [1.82, 2.24) is 34.5 Å². The summed E-state index contributed by atoms with van der Waals surface area (Å²) < 4.78 is 2.13. The Bertz CT molecular complexity index is 1260.